The van der Waals surface area contributed by atoms with Crippen molar-refractivity contribution >= 4 is 38.7 Å². The van der Waals surface area contributed by atoms with E-state index in [1.54, 1.807) is 6.07 Å². The summed E-state index contributed by atoms with van der Waals surface area (Å²) in [7, 11) is 0. The molecule has 1 N–H and O–H groups in total. The molecule has 1 aromatic heterocycles. The molecule has 4 rings (SSSR count). The van der Waals surface area contributed by atoms with Gasteiger partial charge in [0.1, 0.15) is 16.6 Å². The van der Waals surface area contributed by atoms with Gasteiger partial charge in [0.2, 0.25) is 0 Å². The van der Waals surface area contributed by atoms with Crippen LogP contribution in [0.25, 0.3) is 21.5 Å². The number of rotatable bonds is 1. The summed E-state index contributed by atoms with van der Waals surface area (Å²) in [5.41, 5.74) is 3.14. The predicted octanol–water partition coefficient (Wildman–Crippen LogP) is 3.43. The quantitative estimate of drug-likeness (QED) is 0.700. The van der Waals surface area contributed by atoms with Crippen molar-refractivity contribution in [2.75, 3.05) is 0 Å². The summed E-state index contributed by atoms with van der Waals surface area (Å²) in [6.45, 7) is 0. The van der Waals surface area contributed by atoms with Crippen molar-refractivity contribution in [3.8, 4) is 6.07 Å². The highest BCUT2D eigenvalue weighted by molar-refractivity contribution is 7.19. The molecular weight excluding hydrogens is 294 g/mol. The molecule has 5 heteroatoms. The van der Waals surface area contributed by atoms with Gasteiger partial charge >= 0.3 is 0 Å². The van der Waals surface area contributed by atoms with Gasteiger partial charge in [0.25, 0.3) is 5.91 Å². The number of nitrogens with zero attached hydrogens (tertiary/aromatic N) is 2. The van der Waals surface area contributed by atoms with Gasteiger partial charge in [-0.25, -0.2) is 4.98 Å². The van der Waals surface area contributed by atoms with E-state index in [1.165, 1.54) is 11.3 Å². The molecule has 0 unspecified atom stereocenters. The van der Waals surface area contributed by atoms with Gasteiger partial charge in [0.05, 0.1) is 15.9 Å². The number of nitriles is 1. The average molecular weight is 303 g/mol. The van der Waals surface area contributed by atoms with E-state index < -0.39 is 0 Å². The molecule has 0 spiro atoms. The number of nitrogens with one attached hydrogen (secondary N) is 1. The molecule has 2 heterocycles. The van der Waals surface area contributed by atoms with Gasteiger partial charge in [-0.2, -0.15) is 5.26 Å². The first-order chi connectivity index (χ1) is 10.8. The molecule has 0 saturated carbocycles. The molecule has 1 aliphatic rings. The molecule has 22 heavy (non-hydrogen) atoms. The number of thiazole rings is 1. The van der Waals surface area contributed by atoms with Crippen LogP contribution in [0.2, 0.25) is 0 Å². The molecular formula is C17H9N3OS. The molecule has 1 amide bonds. The van der Waals surface area contributed by atoms with Gasteiger partial charge in [0.15, 0.2) is 0 Å². The van der Waals surface area contributed by atoms with Gasteiger partial charge in [-0.1, -0.05) is 30.3 Å². The second-order valence-electron chi connectivity index (χ2n) is 4.85. The summed E-state index contributed by atoms with van der Waals surface area (Å²) in [5.74, 6) is -0.181. The number of benzene rings is 2. The third-order valence-corrected chi connectivity index (χ3v) is 4.60. The maximum Gasteiger partial charge on any atom is 0.256 e. The molecule has 0 atom stereocenters. The summed E-state index contributed by atoms with van der Waals surface area (Å²) >= 11 is 1.45. The van der Waals surface area contributed by atoms with E-state index in [2.05, 4.69) is 16.4 Å². The van der Waals surface area contributed by atoms with Crippen molar-refractivity contribution in [2.24, 2.45) is 0 Å². The van der Waals surface area contributed by atoms with E-state index >= 15 is 0 Å². The Hall–Kier alpha value is -2.97. The number of amides is 1. The van der Waals surface area contributed by atoms with E-state index in [0.717, 1.165) is 15.8 Å². The zero-order valence-electron chi connectivity index (χ0n) is 11.3. The highest BCUT2D eigenvalue weighted by Crippen LogP contribution is 2.34. The molecule has 104 valence electrons. The number of hydrogen-bond acceptors (Lipinski definition) is 4. The molecule has 0 fully saturated rings. The van der Waals surface area contributed by atoms with Crippen molar-refractivity contribution in [1.82, 2.24) is 10.3 Å². The smallest absolute Gasteiger partial charge is 0.256 e. The lowest BCUT2D eigenvalue weighted by Gasteiger charge is -2.02. The number of aromatic nitrogens is 1. The fraction of sp³-hybridized carbons (Fsp3) is 0. The zero-order valence-corrected chi connectivity index (χ0v) is 12.1. The van der Waals surface area contributed by atoms with Crippen molar-refractivity contribution < 1.29 is 4.79 Å². The van der Waals surface area contributed by atoms with Crippen LogP contribution in [0.5, 0.6) is 0 Å². The third-order valence-electron chi connectivity index (χ3n) is 3.55. The van der Waals surface area contributed by atoms with Gasteiger partial charge < -0.3 is 5.32 Å². The van der Waals surface area contributed by atoms with E-state index in [4.69, 9.17) is 0 Å². The summed E-state index contributed by atoms with van der Waals surface area (Å²) in [5, 5.41) is 13.0. The summed E-state index contributed by atoms with van der Waals surface area (Å²) < 4.78 is 1.02. The van der Waals surface area contributed by atoms with Crippen LogP contribution in [0.4, 0.5) is 0 Å². The lowest BCUT2D eigenvalue weighted by molar-refractivity contribution is 0.0981. The van der Waals surface area contributed by atoms with Crippen molar-refractivity contribution in [2.45, 2.75) is 0 Å². The molecule has 0 radical (unpaired) electrons. The number of hydrogen-bond donors (Lipinski definition) is 1. The summed E-state index contributed by atoms with van der Waals surface area (Å²) in [6.07, 6.45) is 0. The second kappa shape index (κ2) is 4.79. The molecule has 2 aromatic carbocycles. The fourth-order valence-electron chi connectivity index (χ4n) is 2.53. The van der Waals surface area contributed by atoms with Crippen LogP contribution in [-0.2, 0) is 0 Å². The topological polar surface area (TPSA) is 65.8 Å². The number of carbonyl (C=O) groups excluding carboxylic acids is 1. The van der Waals surface area contributed by atoms with Crippen molar-refractivity contribution in [3.05, 3.63) is 64.7 Å². The highest BCUT2D eigenvalue weighted by Gasteiger charge is 2.27. The molecule has 1 aliphatic heterocycles. The zero-order chi connectivity index (χ0) is 15.1. The van der Waals surface area contributed by atoms with Gasteiger partial charge in [-0.15, -0.1) is 11.3 Å². The van der Waals surface area contributed by atoms with Crippen LogP contribution in [0.1, 0.15) is 20.9 Å². The van der Waals surface area contributed by atoms with Crippen molar-refractivity contribution in [1.29, 1.82) is 5.26 Å². The molecule has 0 saturated heterocycles. The lowest BCUT2D eigenvalue weighted by atomic mass is 10.1. The minimum Gasteiger partial charge on any atom is -0.320 e. The third kappa shape index (κ3) is 1.82. The largest absolute Gasteiger partial charge is 0.320 e. The molecule has 3 aromatic rings. The Bertz CT molecular complexity index is 961. The maximum absolute atomic E-state index is 12.0. The van der Waals surface area contributed by atoms with E-state index in [-0.39, 0.29) is 5.91 Å². The number of fused-ring (bicyclic) bond motifs is 2. The normalized spacial score (nSPS) is 15.3. The van der Waals surface area contributed by atoms with Crippen LogP contribution in [0, 0.1) is 11.3 Å². The first-order valence-corrected chi connectivity index (χ1v) is 7.50. The highest BCUT2D eigenvalue weighted by atomic mass is 32.1. The van der Waals surface area contributed by atoms with Gasteiger partial charge in [-0.05, 0) is 18.2 Å². The Labute approximate surface area is 130 Å². The number of allylic oxidation sites excluding steroid dienone is 1. The Kier molecular flexibility index (Phi) is 2.78. The molecule has 0 aliphatic carbocycles. The Balaban J connectivity index is 1.96. The predicted molar refractivity (Wildman–Crippen MR) is 86.0 cm³/mol. The lowest BCUT2D eigenvalue weighted by Crippen LogP contribution is -2.13. The molecule has 4 nitrogen and oxygen atoms in total. The minimum absolute atomic E-state index is 0.181. The first-order valence-electron chi connectivity index (χ1n) is 6.69. The average Bonchev–Trinajstić information content (AvgIpc) is 3.11. The second-order valence-corrected chi connectivity index (χ2v) is 5.88. The molecule has 0 bridgehead atoms. The van der Waals surface area contributed by atoms with E-state index in [0.29, 0.717) is 21.8 Å². The van der Waals surface area contributed by atoms with Gasteiger partial charge in [0, 0.05) is 11.1 Å². The maximum atomic E-state index is 12.0. The minimum atomic E-state index is -0.181. The van der Waals surface area contributed by atoms with Crippen LogP contribution >= 0.6 is 11.3 Å². The van der Waals surface area contributed by atoms with Crippen LogP contribution in [0.3, 0.4) is 0 Å². The van der Waals surface area contributed by atoms with E-state index in [1.807, 2.05) is 42.5 Å². The summed E-state index contributed by atoms with van der Waals surface area (Å²) in [4.78, 5) is 16.5. The van der Waals surface area contributed by atoms with E-state index in [9.17, 15) is 10.1 Å². The number of para-hydroxylation sites is 1. The van der Waals surface area contributed by atoms with Gasteiger partial charge in [-0.3, -0.25) is 4.79 Å². The van der Waals surface area contributed by atoms with Crippen LogP contribution < -0.4 is 5.32 Å². The van der Waals surface area contributed by atoms with Crippen LogP contribution in [0.15, 0.2) is 48.5 Å². The van der Waals surface area contributed by atoms with Crippen molar-refractivity contribution in [3.63, 3.8) is 0 Å². The Morgan fingerprint density at radius 1 is 1.09 bits per heavy atom. The Morgan fingerprint density at radius 2 is 1.82 bits per heavy atom. The Morgan fingerprint density at radius 3 is 2.59 bits per heavy atom. The SMILES string of the molecule is N#C/C(=C1/NC(=O)c2ccccc21)c1nc2ccccc2s1. The monoisotopic (exact) mass is 303 g/mol. The standard InChI is InChI=1S/C17H9N3OS/c18-9-12(17-19-13-7-3-4-8-14(13)22-17)15-10-5-1-2-6-11(10)16(21)20-15/h1-8H,(H,20,21)/b15-12-. The summed E-state index contributed by atoms with van der Waals surface area (Å²) in [6, 6.07) is 17.2. The first kappa shape index (κ1) is 12.7. The number of carbonyl (C=O) groups is 1. The van der Waals surface area contributed by atoms with Crippen LogP contribution in [-0.4, -0.2) is 10.9 Å². The fourth-order valence-corrected chi connectivity index (χ4v) is 3.50.